The van der Waals surface area contributed by atoms with Crippen LogP contribution >= 0.6 is 11.3 Å². The fraction of sp³-hybridized carbons (Fsp3) is 0.294. The largest absolute Gasteiger partial charge is 0.478 e. The van der Waals surface area contributed by atoms with E-state index in [1.807, 2.05) is 32.0 Å². The van der Waals surface area contributed by atoms with E-state index in [0.717, 1.165) is 41.4 Å². The third kappa shape index (κ3) is 2.64. The van der Waals surface area contributed by atoms with Gasteiger partial charge in [-0.25, -0.2) is 9.79 Å². The van der Waals surface area contributed by atoms with E-state index in [1.54, 1.807) is 0 Å². The molecule has 0 aliphatic carbocycles. The Hall–Kier alpha value is -2.14. The van der Waals surface area contributed by atoms with Gasteiger partial charge in [0.05, 0.1) is 5.56 Å². The standard InChI is InChI=1S/C17H18N2O2S/c1-11-12(2)22-16(15(11)17(20)21)18-14-9-6-10-19(14)13-7-4-3-5-8-13/h3-5,7-8H,6,9-10H2,1-2H3,(H,20,21). The number of aryl methyl sites for hydroxylation is 1. The van der Waals surface area contributed by atoms with Crippen LogP contribution in [0.1, 0.15) is 33.6 Å². The van der Waals surface area contributed by atoms with Crippen molar-refractivity contribution in [1.82, 2.24) is 0 Å². The van der Waals surface area contributed by atoms with Crippen LogP contribution in [0.3, 0.4) is 0 Å². The molecule has 1 aromatic heterocycles. The van der Waals surface area contributed by atoms with Gasteiger partial charge < -0.3 is 10.0 Å². The predicted molar refractivity (Wildman–Crippen MR) is 90.9 cm³/mol. The molecule has 2 heterocycles. The molecule has 114 valence electrons. The minimum atomic E-state index is -0.898. The van der Waals surface area contributed by atoms with Gasteiger partial charge in [0, 0.05) is 23.5 Å². The molecule has 1 aromatic carbocycles. The van der Waals surface area contributed by atoms with Crippen molar-refractivity contribution in [3.05, 3.63) is 46.3 Å². The van der Waals surface area contributed by atoms with Crippen LogP contribution < -0.4 is 4.90 Å². The highest BCUT2D eigenvalue weighted by Gasteiger charge is 2.23. The number of hydrogen-bond acceptors (Lipinski definition) is 3. The third-order valence-corrected chi connectivity index (χ3v) is 5.07. The van der Waals surface area contributed by atoms with E-state index in [4.69, 9.17) is 4.99 Å². The predicted octanol–water partition coefficient (Wildman–Crippen LogP) is 4.39. The maximum atomic E-state index is 11.5. The van der Waals surface area contributed by atoms with Crippen LogP contribution in [-0.4, -0.2) is 23.5 Å². The second-order valence-electron chi connectivity index (χ2n) is 5.39. The SMILES string of the molecule is Cc1sc(N=C2CCCN2c2ccccc2)c(C(=O)O)c1C. The van der Waals surface area contributed by atoms with Crippen LogP contribution in [0.25, 0.3) is 0 Å². The summed E-state index contributed by atoms with van der Waals surface area (Å²) in [7, 11) is 0. The van der Waals surface area contributed by atoms with Crippen molar-refractivity contribution >= 4 is 33.8 Å². The van der Waals surface area contributed by atoms with Crippen LogP contribution in [0.4, 0.5) is 10.7 Å². The maximum Gasteiger partial charge on any atom is 0.339 e. The van der Waals surface area contributed by atoms with Crippen LogP contribution in [0.5, 0.6) is 0 Å². The van der Waals surface area contributed by atoms with Crippen molar-refractivity contribution in [2.24, 2.45) is 4.99 Å². The Morgan fingerprint density at radius 3 is 2.68 bits per heavy atom. The Morgan fingerprint density at radius 1 is 1.27 bits per heavy atom. The number of para-hydroxylation sites is 1. The van der Waals surface area contributed by atoms with Gasteiger partial charge in [-0.3, -0.25) is 0 Å². The van der Waals surface area contributed by atoms with Gasteiger partial charge in [-0.2, -0.15) is 0 Å². The number of benzene rings is 1. The highest BCUT2D eigenvalue weighted by molar-refractivity contribution is 7.16. The summed E-state index contributed by atoms with van der Waals surface area (Å²) in [5.74, 6) is 0.0559. The normalized spacial score (nSPS) is 16.5. The molecule has 1 aliphatic heterocycles. The van der Waals surface area contributed by atoms with E-state index < -0.39 is 5.97 Å². The van der Waals surface area contributed by atoms with Gasteiger partial charge in [0.15, 0.2) is 0 Å². The van der Waals surface area contributed by atoms with Gasteiger partial charge in [0.1, 0.15) is 10.8 Å². The Morgan fingerprint density at radius 2 is 2.00 bits per heavy atom. The van der Waals surface area contributed by atoms with Crippen molar-refractivity contribution in [3.8, 4) is 0 Å². The zero-order chi connectivity index (χ0) is 15.7. The molecular formula is C17H18N2O2S. The lowest BCUT2D eigenvalue weighted by Gasteiger charge is -2.18. The zero-order valence-corrected chi connectivity index (χ0v) is 13.5. The lowest BCUT2D eigenvalue weighted by atomic mass is 10.1. The summed E-state index contributed by atoms with van der Waals surface area (Å²) in [5.41, 5.74) is 2.27. The van der Waals surface area contributed by atoms with Crippen LogP contribution in [-0.2, 0) is 0 Å². The Balaban J connectivity index is 2.01. The molecular weight excluding hydrogens is 296 g/mol. The molecule has 4 nitrogen and oxygen atoms in total. The fourth-order valence-electron chi connectivity index (χ4n) is 2.72. The van der Waals surface area contributed by atoms with Gasteiger partial charge in [0.2, 0.25) is 0 Å². The molecule has 1 aliphatic rings. The first-order chi connectivity index (χ1) is 10.6. The molecule has 3 rings (SSSR count). The van der Waals surface area contributed by atoms with E-state index in [2.05, 4.69) is 17.0 Å². The smallest absolute Gasteiger partial charge is 0.339 e. The van der Waals surface area contributed by atoms with Gasteiger partial charge >= 0.3 is 5.97 Å². The number of thiophene rings is 1. The van der Waals surface area contributed by atoms with Gasteiger partial charge in [-0.15, -0.1) is 11.3 Å². The average molecular weight is 314 g/mol. The van der Waals surface area contributed by atoms with E-state index in [-0.39, 0.29) is 0 Å². The van der Waals surface area contributed by atoms with Crippen LogP contribution in [0.15, 0.2) is 35.3 Å². The molecule has 5 heteroatoms. The van der Waals surface area contributed by atoms with Crippen molar-refractivity contribution in [2.45, 2.75) is 26.7 Å². The van der Waals surface area contributed by atoms with Crippen LogP contribution in [0.2, 0.25) is 0 Å². The lowest BCUT2D eigenvalue weighted by Crippen LogP contribution is -2.23. The molecule has 0 spiro atoms. The number of nitrogens with zero attached hydrogens (tertiary/aromatic N) is 2. The highest BCUT2D eigenvalue weighted by Crippen LogP contribution is 2.36. The van der Waals surface area contributed by atoms with E-state index in [9.17, 15) is 9.90 Å². The highest BCUT2D eigenvalue weighted by atomic mass is 32.1. The van der Waals surface area contributed by atoms with Crippen molar-refractivity contribution in [3.63, 3.8) is 0 Å². The second kappa shape index (κ2) is 5.93. The summed E-state index contributed by atoms with van der Waals surface area (Å²) < 4.78 is 0. The summed E-state index contributed by atoms with van der Waals surface area (Å²) in [4.78, 5) is 19.4. The zero-order valence-electron chi connectivity index (χ0n) is 12.7. The summed E-state index contributed by atoms with van der Waals surface area (Å²) in [6.45, 7) is 4.72. The van der Waals surface area contributed by atoms with Crippen LogP contribution in [0, 0.1) is 13.8 Å². The van der Waals surface area contributed by atoms with E-state index in [1.165, 1.54) is 11.3 Å². The summed E-state index contributed by atoms with van der Waals surface area (Å²) in [5, 5.41) is 10.1. The summed E-state index contributed by atoms with van der Waals surface area (Å²) in [6.07, 6.45) is 1.92. The molecule has 1 fully saturated rings. The molecule has 22 heavy (non-hydrogen) atoms. The number of amidine groups is 1. The number of rotatable bonds is 3. The monoisotopic (exact) mass is 314 g/mol. The quantitative estimate of drug-likeness (QED) is 0.914. The Bertz CT molecular complexity index is 735. The lowest BCUT2D eigenvalue weighted by molar-refractivity contribution is 0.0697. The maximum absolute atomic E-state index is 11.5. The number of anilines is 1. The van der Waals surface area contributed by atoms with Gasteiger partial charge in [-0.05, 0) is 38.0 Å². The first-order valence-corrected chi connectivity index (χ1v) is 8.13. The second-order valence-corrected chi connectivity index (χ2v) is 6.59. The third-order valence-electron chi connectivity index (χ3n) is 3.97. The number of carboxylic acid groups (broad SMARTS) is 1. The number of carbonyl (C=O) groups is 1. The molecule has 0 unspecified atom stereocenters. The Kier molecular flexibility index (Phi) is 3.98. The van der Waals surface area contributed by atoms with Crippen molar-refractivity contribution in [2.75, 3.05) is 11.4 Å². The molecule has 1 saturated heterocycles. The molecule has 0 bridgehead atoms. The first-order valence-electron chi connectivity index (χ1n) is 7.31. The minimum Gasteiger partial charge on any atom is -0.478 e. The number of hydrogen-bond donors (Lipinski definition) is 1. The molecule has 0 atom stereocenters. The number of carboxylic acids is 1. The topological polar surface area (TPSA) is 52.9 Å². The van der Waals surface area contributed by atoms with E-state index in [0.29, 0.717) is 10.6 Å². The van der Waals surface area contributed by atoms with Gasteiger partial charge in [0.25, 0.3) is 0 Å². The van der Waals surface area contributed by atoms with Crippen molar-refractivity contribution in [1.29, 1.82) is 0 Å². The fourth-order valence-corrected chi connectivity index (χ4v) is 3.76. The average Bonchev–Trinajstić information content (AvgIpc) is 3.06. The molecule has 0 radical (unpaired) electrons. The molecule has 2 aromatic rings. The number of aliphatic imine (C=N–C) groups is 1. The number of aromatic carboxylic acids is 1. The first kappa shape index (κ1) is 14.8. The summed E-state index contributed by atoms with van der Waals surface area (Å²) in [6, 6.07) is 10.1. The van der Waals surface area contributed by atoms with E-state index >= 15 is 0 Å². The molecule has 0 saturated carbocycles. The molecule has 1 N–H and O–H groups in total. The minimum absolute atomic E-state index is 0.343. The molecule has 0 amide bonds. The Labute approximate surface area is 133 Å². The van der Waals surface area contributed by atoms with Crippen molar-refractivity contribution < 1.29 is 9.90 Å². The van der Waals surface area contributed by atoms with Gasteiger partial charge in [-0.1, -0.05) is 18.2 Å². The summed E-state index contributed by atoms with van der Waals surface area (Å²) >= 11 is 1.46.